The van der Waals surface area contributed by atoms with E-state index in [4.69, 9.17) is 0 Å². The fourth-order valence-corrected chi connectivity index (χ4v) is 4.51. The van der Waals surface area contributed by atoms with Crippen LogP contribution in [-0.4, -0.2) is 56.5 Å². The number of carbonyl (C=O) groups is 1. The maximum atomic E-state index is 13.3. The molecule has 166 valence electrons. The lowest BCUT2D eigenvalue weighted by Crippen LogP contribution is -2.51. The molecule has 1 amide bonds. The van der Waals surface area contributed by atoms with Crippen molar-refractivity contribution in [3.05, 3.63) is 65.3 Å². The van der Waals surface area contributed by atoms with Crippen molar-refractivity contribution in [2.45, 2.75) is 39.0 Å². The number of piperazine rings is 1. The Hall–Kier alpha value is -3.29. The highest BCUT2D eigenvalue weighted by Gasteiger charge is 2.53. The molecule has 3 heterocycles. The molecule has 0 atom stereocenters. The molecule has 0 spiro atoms. The average molecular weight is 435 g/mol. The van der Waals surface area contributed by atoms with E-state index in [1.807, 2.05) is 36.3 Å². The maximum absolute atomic E-state index is 13.3. The predicted molar refractivity (Wildman–Crippen MR) is 119 cm³/mol. The van der Waals surface area contributed by atoms with Gasteiger partial charge in [0.25, 0.3) is 0 Å². The second kappa shape index (κ2) is 7.69. The first-order valence-electron chi connectivity index (χ1n) is 11.0. The Bertz CT molecular complexity index is 1160. The molecule has 1 aromatic carbocycles. The molecule has 0 unspecified atom stereocenters. The summed E-state index contributed by atoms with van der Waals surface area (Å²) in [5.74, 6) is 2.26. The van der Waals surface area contributed by atoms with Crippen LogP contribution in [0.1, 0.15) is 35.6 Å². The minimum Gasteiger partial charge on any atom is -0.353 e. The Labute approximate surface area is 186 Å². The number of amides is 1. The molecule has 2 aromatic heterocycles. The molecule has 5 rings (SSSR count). The van der Waals surface area contributed by atoms with Crippen LogP contribution in [0.25, 0.3) is 5.82 Å². The minimum absolute atomic E-state index is 0.160. The minimum atomic E-state index is -0.467. The third-order valence-electron chi connectivity index (χ3n) is 6.76. The summed E-state index contributed by atoms with van der Waals surface area (Å²) in [4.78, 5) is 31.1. The van der Waals surface area contributed by atoms with Gasteiger partial charge < -0.3 is 9.80 Å². The van der Waals surface area contributed by atoms with Crippen LogP contribution < -0.4 is 4.90 Å². The van der Waals surface area contributed by atoms with E-state index in [0.29, 0.717) is 32.0 Å². The normalized spacial score (nSPS) is 17.5. The number of anilines is 1. The third-order valence-corrected chi connectivity index (χ3v) is 6.76. The summed E-state index contributed by atoms with van der Waals surface area (Å²) in [5, 5.41) is 0. The molecule has 1 aliphatic heterocycles. The third kappa shape index (κ3) is 3.53. The van der Waals surface area contributed by atoms with E-state index < -0.39 is 5.41 Å². The van der Waals surface area contributed by atoms with Crippen molar-refractivity contribution in [2.24, 2.45) is 0 Å². The molecule has 0 radical (unpaired) electrons. The number of aryl methyl sites for hydroxylation is 2. The number of benzene rings is 1. The Morgan fingerprint density at radius 3 is 2.22 bits per heavy atom. The van der Waals surface area contributed by atoms with Crippen molar-refractivity contribution in [2.75, 3.05) is 31.1 Å². The number of hydrogen-bond acceptors (Lipinski definition) is 5. The summed E-state index contributed by atoms with van der Waals surface area (Å²) in [5.41, 5.74) is 2.49. The molecule has 32 heavy (non-hydrogen) atoms. The van der Waals surface area contributed by atoms with Gasteiger partial charge in [-0.05, 0) is 51.3 Å². The van der Waals surface area contributed by atoms with E-state index in [1.165, 1.54) is 12.1 Å². The molecular formula is C24H27FN6O. The standard InChI is InChI=1S/C24H27FN6O/c1-16-17(2)31(15-26-16)22-14-21(27-18(3)28-22)29-10-12-30(13-11-29)23(32)24(8-9-24)19-4-6-20(25)7-5-19/h4-7,14-15H,8-13H2,1-3H3. The van der Waals surface area contributed by atoms with Crippen LogP contribution in [-0.2, 0) is 10.2 Å². The summed E-state index contributed by atoms with van der Waals surface area (Å²) >= 11 is 0. The van der Waals surface area contributed by atoms with Crippen LogP contribution >= 0.6 is 0 Å². The molecule has 2 aliphatic rings. The number of hydrogen-bond donors (Lipinski definition) is 0. The molecule has 1 saturated heterocycles. The largest absolute Gasteiger partial charge is 0.353 e. The van der Waals surface area contributed by atoms with Crippen molar-refractivity contribution >= 4 is 11.7 Å². The Morgan fingerprint density at radius 1 is 0.969 bits per heavy atom. The summed E-state index contributed by atoms with van der Waals surface area (Å²) in [6.07, 6.45) is 3.45. The van der Waals surface area contributed by atoms with Crippen LogP contribution in [0.4, 0.5) is 10.2 Å². The first-order chi connectivity index (χ1) is 15.4. The zero-order valence-electron chi connectivity index (χ0n) is 18.7. The number of rotatable bonds is 4. The van der Waals surface area contributed by atoms with Gasteiger partial charge in [-0.2, -0.15) is 0 Å². The first-order valence-corrected chi connectivity index (χ1v) is 11.0. The highest BCUT2D eigenvalue weighted by molar-refractivity contribution is 5.91. The van der Waals surface area contributed by atoms with Crippen LogP contribution in [0.15, 0.2) is 36.7 Å². The SMILES string of the molecule is Cc1nc(N2CCN(C(=O)C3(c4ccc(F)cc4)CC3)CC2)cc(-n2cnc(C)c2C)n1. The van der Waals surface area contributed by atoms with Crippen molar-refractivity contribution in [3.63, 3.8) is 0 Å². The smallest absolute Gasteiger partial charge is 0.233 e. The van der Waals surface area contributed by atoms with Gasteiger partial charge in [0.05, 0.1) is 11.1 Å². The van der Waals surface area contributed by atoms with E-state index in [0.717, 1.165) is 41.4 Å². The fourth-order valence-electron chi connectivity index (χ4n) is 4.51. The van der Waals surface area contributed by atoms with Crippen molar-refractivity contribution in [1.82, 2.24) is 24.4 Å². The van der Waals surface area contributed by atoms with E-state index in [9.17, 15) is 9.18 Å². The van der Waals surface area contributed by atoms with Gasteiger partial charge in [-0.1, -0.05) is 12.1 Å². The Balaban J connectivity index is 1.30. The van der Waals surface area contributed by atoms with Crippen molar-refractivity contribution in [3.8, 4) is 5.82 Å². The Kier molecular flexibility index (Phi) is 4.95. The maximum Gasteiger partial charge on any atom is 0.233 e. The summed E-state index contributed by atoms with van der Waals surface area (Å²) < 4.78 is 15.3. The van der Waals surface area contributed by atoms with Gasteiger partial charge in [0.15, 0.2) is 0 Å². The van der Waals surface area contributed by atoms with Crippen molar-refractivity contribution in [1.29, 1.82) is 0 Å². The van der Waals surface area contributed by atoms with Gasteiger partial charge >= 0.3 is 0 Å². The molecule has 0 N–H and O–H groups in total. The van der Waals surface area contributed by atoms with E-state index in [1.54, 1.807) is 18.5 Å². The number of carbonyl (C=O) groups excluding carboxylic acids is 1. The predicted octanol–water partition coefficient (Wildman–Crippen LogP) is 3.11. The molecule has 3 aromatic rings. The number of halogens is 1. The van der Waals surface area contributed by atoms with Gasteiger partial charge in [-0.15, -0.1) is 0 Å². The highest BCUT2D eigenvalue weighted by Crippen LogP contribution is 2.49. The molecule has 2 fully saturated rings. The highest BCUT2D eigenvalue weighted by atomic mass is 19.1. The molecular weight excluding hydrogens is 407 g/mol. The fraction of sp³-hybridized carbons (Fsp3) is 0.417. The monoisotopic (exact) mass is 434 g/mol. The molecule has 8 heteroatoms. The molecule has 7 nitrogen and oxygen atoms in total. The Morgan fingerprint density at radius 2 is 1.62 bits per heavy atom. The molecule has 0 bridgehead atoms. The van der Waals surface area contributed by atoms with Gasteiger partial charge in [-0.3, -0.25) is 9.36 Å². The van der Waals surface area contributed by atoms with Crippen LogP contribution in [0.5, 0.6) is 0 Å². The lowest BCUT2D eigenvalue weighted by atomic mass is 9.94. The van der Waals surface area contributed by atoms with Crippen LogP contribution in [0.3, 0.4) is 0 Å². The zero-order valence-corrected chi connectivity index (χ0v) is 18.7. The quantitative estimate of drug-likeness (QED) is 0.631. The second-order valence-corrected chi connectivity index (χ2v) is 8.79. The lowest BCUT2D eigenvalue weighted by molar-refractivity contribution is -0.134. The van der Waals surface area contributed by atoms with Gasteiger partial charge in [0, 0.05) is 37.9 Å². The lowest BCUT2D eigenvalue weighted by Gasteiger charge is -2.37. The molecule has 1 aliphatic carbocycles. The van der Waals surface area contributed by atoms with E-state index in [2.05, 4.69) is 19.9 Å². The summed E-state index contributed by atoms with van der Waals surface area (Å²) in [7, 11) is 0. The van der Waals surface area contributed by atoms with Crippen LogP contribution in [0.2, 0.25) is 0 Å². The number of imidazole rings is 1. The summed E-state index contributed by atoms with van der Waals surface area (Å²) in [6.45, 7) is 8.61. The van der Waals surface area contributed by atoms with E-state index >= 15 is 0 Å². The first kappa shape index (κ1) is 20.6. The van der Waals surface area contributed by atoms with Gasteiger partial charge in [0.1, 0.15) is 29.6 Å². The summed E-state index contributed by atoms with van der Waals surface area (Å²) in [6, 6.07) is 8.38. The topological polar surface area (TPSA) is 67.2 Å². The number of nitrogens with zero attached hydrogens (tertiary/aromatic N) is 6. The van der Waals surface area contributed by atoms with Crippen molar-refractivity contribution < 1.29 is 9.18 Å². The van der Waals surface area contributed by atoms with Crippen LogP contribution in [0, 0.1) is 26.6 Å². The van der Waals surface area contributed by atoms with E-state index in [-0.39, 0.29) is 11.7 Å². The second-order valence-electron chi connectivity index (χ2n) is 8.79. The number of aromatic nitrogens is 4. The zero-order chi connectivity index (χ0) is 22.5. The average Bonchev–Trinajstić information content (AvgIpc) is 3.54. The molecule has 1 saturated carbocycles. The van der Waals surface area contributed by atoms with Gasteiger partial charge in [0.2, 0.25) is 5.91 Å². The van der Waals surface area contributed by atoms with Gasteiger partial charge in [-0.25, -0.2) is 19.3 Å².